The Morgan fingerprint density at radius 3 is 2.83 bits per heavy atom. The number of imidazole rings is 1. The van der Waals surface area contributed by atoms with E-state index in [-0.39, 0.29) is 12.4 Å². The van der Waals surface area contributed by atoms with Gasteiger partial charge in [0.2, 0.25) is 0 Å². The van der Waals surface area contributed by atoms with Crippen molar-refractivity contribution >= 4 is 17.1 Å². The van der Waals surface area contributed by atoms with Gasteiger partial charge in [-0.3, -0.25) is 0 Å². The third-order valence-electron chi connectivity index (χ3n) is 3.72. The number of nitrogens with zero attached hydrogens (tertiary/aromatic N) is 2. The van der Waals surface area contributed by atoms with E-state index in [2.05, 4.69) is 10.3 Å². The van der Waals surface area contributed by atoms with Crippen LogP contribution >= 0.6 is 0 Å². The summed E-state index contributed by atoms with van der Waals surface area (Å²) in [7, 11) is 0. The second-order valence-electron chi connectivity index (χ2n) is 7.07. The minimum atomic E-state index is -0.540. The summed E-state index contributed by atoms with van der Waals surface area (Å²) < 4.78 is 20.8. The van der Waals surface area contributed by atoms with Crippen LogP contribution in [0.25, 0.3) is 11.0 Å². The zero-order chi connectivity index (χ0) is 16.6. The first kappa shape index (κ1) is 15.8. The van der Waals surface area contributed by atoms with Crippen molar-refractivity contribution in [3.05, 3.63) is 29.8 Å². The van der Waals surface area contributed by atoms with Gasteiger partial charge in [0.25, 0.3) is 0 Å². The van der Waals surface area contributed by atoms with Crippen molar-refractivity contribution in [1.29, 1.82) is 0 Å². The number of hydrogen-bond donors (Lipinski definition) is 1. The first-order valence-corrected chi connectivity index (χ1v) is 7.93. The molecule has 1 amide bonds. The number of fused-ring (bicyclic) bond motifs is 1. The maximum Gasteiger partial charge on any atom is 0.408 e. The second-order valence-corrected chi connectivity index (χ2v) is 7.07. The predicted molar refractivity (Wildman–Crippen MR) is 85.5 cm³/mol. The van der Waals surface area contributed by atoms with Gasteiger partial charge in [-0.25, -0.2) is 14.2 Å². The van der Waals surface area contributed by atoms with Gasteiger partial charge in [-0.2, -0.15) is 0 Å². The van der Waals surface area contributed by atoms with E-state index < -0.39 is 11.7 Å². The maximum atomic E-state index is 13.5. The maximum absolute atomic E-state index is 13.5. The Morgan fingerprint density at radius 1 is 1.43 bits per heavy atom. The summed E-state index contributed by atoms with van der Waals surface area (Å²) in [5, 5.41) is 2.73. The van der Waals surface area contributed by atoms with E-state index in [9.17, 15) is 9.18 Å². The van der Waals surface area contributed by atoms with Crippen molar-refractivity contribution in [2.75, 3.05) is 0 Å². The number of rotatable bonds is 4. The monoisotopic (exact) mass is 319 g/mol. The average Bonchev–Trinajstić information content (AvgIpc) is 3.18. The first-order valence-electron chi connectivity index (χ1n) is 7.93. The molecular formula is C17H22FN3O2. The van der Waals surface area contributed by atoms with Crippen molar-refractivity contribution in [3.63, 3.8) is 0 Å². The van der Waals surface area contributed by atoms with Crippen LogP contribution in [0.1, 0.15) is 39.4 Å². The van der Waals surface area contributed by atoms with Crippen molar-refractivity contribution in [2.24, 2.45) is 5.92 Å². The summed E-state index contributed by atoms with van der Waals surface area (Å²) in [6, 6.07) is 4.58. The Kier molecular flexibility index (Phi) is 4.00. The minimum absolute atomic E-state index is 0.262. The van der Waals surface area contributed by atoms with Crippen LogP contribution in [-0.2, 0) is 17.8 Å². The van der Waals surface area contributed by atoms with Crippen molar-refractivity contribution < 1.29 is 13.9 Å². The highest BCUT2D eigenvalue weighted by molar-refractivity contribution is 5.76. The third-order valence-corrected chi connectivity index (χ3v) is 3.72. The Balaban J connectivity index is 1.80. The molecule has 2 aromatic rings. The zero-order valence-electron chi connectivity index (χ0n) is 13.7. The minimum Gasteiger partial charge on any atom is -0.444 e. The molecule has 1 aromatic carbocycles. The number of benzene rings is 1. The summed E-state index contributed by atoms with van der Waals surface area (Å²) in [6.07, 6.45) is 1.90. The molecule has 1 saturated carbocycles. The molecule has 23 heavy (non-hydrogen) atoms. The summed E-state index contributed by atoms with van der Waals surface area (Å²) in [5.41, 5.74) is 0.979. The fourth-order valence-electron chi connectivity index (χ4n) is 2.51. The Hall–Kier alpha value is -2.11. The number of carbonyl (C=O) groups excluding carboxylic acids is 1. The molecule has 3 rings (SSSR count). The molecule has 1 N–H and O–H groups in total. The van der Waals surface area contributed by atoms with Gasteiger partial charge in [0.1, 0.15) is 17.2 Å². The van der Waals surface area contributed by atoms with E-state index in [4.69, 9.17) is 4.74 Å². The topological polar surface area (TPSA) is 56.1 Å². The Labute approximate surface area is 134 Å². The largest absolute Gasteiger partial charge is 0.444 e. The molecule has 5 nitrogen and oxygen atoms in total. The van der Waals surface area contributed by atoms with E-state index in [1.807, 2.05) is 25.3 Å². The molecule has 124 valence electrons. The highest BCUT2D eigenvalue weighted by Crippen LogP contribution is 2.32. The van der Waals surface area contributed by atoms with E-state index in [0.717, 1.165) is 23.4 Å². The van der Waals surface area contributed by atoms with Crippen LogP contribution in [0, 0.1) is 11.7 Å². The number of hydrogen-bond acceptors (Lipinski definition) is 3. The number of ether oxygens (including phenoxy) is 1. The van der Waals surface area contributed by atoms with Gasteiger partial charge in [0.15, 0.2) is 0 Å². The Bertz CT molecular complexity index is 729. The Morgan fingerprint density at radius 2 is 2.17 bits per heavy atom. The fraction of sp³-hybridized carbons (Fsp3) is 0.529. The molecule has 0 aliphatic heterocycles. The van der Waals surface area contributed by atoms with Crippen LogP contribution in [0.2, 0.25) is 0 Å². The zero-order valence-corrected chi connectivity index (χ0v) is 13.7. The van der Waals surface area contributed by atoms with Crippen LogP contribution in [-0.4, -0.2) is 21.2 Å². The molecule has 0 atom stereocenters. The smallest absolute Gasteiger partial charge is 0.408 e. The highest BCUT2D eigenvalue weighted by atomic mass is 19.1. The molecule has 0 spiro atoms. The third kappa shape index (κ3) is 4.00. The average molecular weight is 319 g/mol. The number of halogens is 1. The molecule has 1 heterocycles. The van der Waals surface area contributed by atoms with E-state index in [0.29, 0.717) is 5.92 Å². The molecular weight excluding hydrogens is 297 g/mol. The molecule has 0 bridgehead atoms. The number of nitrogens with one attached hydrogen (secondary N) is 1. The van der Waals surface area contributed by atoms with Gasteiger partial charge in [0.05, 0.1) is 17.6 Å². The van der Waals surface area contributed by atoms with Crippen LogP contribution in [0.5, 0.6) is 0 Å². The standard InChI is InChI=1S/C17H22FN3O2/c1-17(2,3)23-16(22)19-9-15-20-13-7-6-12(18)8-14(13)21(15)10-11-4-5-11/h6-8,11H,4-5,9-10H2,1-3H3,(H,19,22). The SMILES string of the molecule is CC(C)(C)OC(=O)NCc1nc2ccc(F)cc2n1CC1CC1. The van der Waals surface area contributed by atoms with Crippen molar-refractivity contribution in [3.8, 4) is 0 Å². The predicted octanol–water partition coefficient (Wildman–Crippen LogP) is 3.61. The van der Waals surface area contributed by atoms with Crippen molar-refractivity contribution in [1.82, 2.24) is 14.9 Å². The summed E-state index contributed by atoms with van der Waals surface area (Å²) >= 11 is 0. The number of alkyl carbamates (subject to hydrolysis) is 1. The number of carbonyl (C=O) groups is 1. The molecule has 0 radical (unpaired) electrons. The molecule has 6 heteroatoms. The molecule has 0 saturated heterocycles. The van der Waals surface area contributed by atoms with E-state index >= 15 is 0 Å². The summed E-state index contributed by atoms with van der Waals surface area (Å²) in [4.78, 5) is 16.3. The van der Waals surface area contributed by atoms with Crippen LogP contribution in [0.15, 0.2) is 18.2 Å². The van der Waals surface area contributed by atoms with Gasteiger partial charge in [-0.15, -0.1) is 0 Å². The van der Waals surface area contributed by atoms with E-state index in [1.54, 1.807) is 6.07 Å². The summed E-state index contributed by atoms with van der Waals surface area (Å²) in [5.74, 6) is 1.07. The van der Waals surface area contributed by atoms with Gasteiger partial charge in [0, 0.05) is 6.54 Å². The number of aromatic nitrogens is 2. The van der Waals surface area contributed by atoms with Crippen LogP contribution in [0.3, 0.4) is 0 Å². The first-order chi connectivity index (χ1) is 10.8. The fourth-order valence-corrected chi connectivity index (χ4v) is 2.51. The van der Waals surface area contributed by atoms with Gasteiger partial charge in [-0.05, 0) is 57.7 Å². The summed E-state index contributed by atoms with van der Waals surface area (Å²) in [6.45, 7) is 6.52. The lowest BCUT2D eigenvalue weighted by atomic mass is 10.2. The van der Waals surface area contributed by atoms with Crippen molar-refractivity contribution in [2.45, 2.75) is 52.3 Å². The lowest BCUT2D eigenvalue weighted by Gasteiger charge is -2.19. The lowest BCUT2D eigenvalue weighted by molar-refractivity contribution is 0.0521. The van der Waals surface area contributed by atoms with Crippen LogP contribution < -0.4 is 5.32 Å². The quantitative estimate of drug-likeness (QED) is 0.936. The second kappa shape index (κ2) is 5.83. The normalized spacial score (nSPS) is 15.0. The van der Waals surface area contributed by atoms with Gasteiger partial charge < -0.3 is 14.6 Å². The van der Waals surface area contributed by atoms with Gasteiger partial charge in [-0.1, -0.05) is 0 Å². The lowest BCUT2D eigenvalue weighted by Crippen LogP contribution is -2.32. The molecule has 0 unspecified atom stereocenters. The van der Waals surface area contributed by atoms with E-state index in [1.165, 1.54) is 25.0 Å². The number of amides is 1. The van der Waals surface area contributed by atoms with Crippen LogP contribution in [0.4, 0.5) is 9.18 Å². The molecule has 1 fully saturated rings. The van der Waals surface area contributed by atoms with Gasteiger partial charge >= 0.3 is 6.09 Å². The molecule has 1 aromatic heterocycles. The molecule has 1 aliphatic carbocycles. The highest BCUT2D eigenvalue weighted by Gasteiger charge is 2.25. The molecule has 1 aliphatic rings.